The van der Waals surface area contributed by atoms with Gasteiger partial charge in [0.05, 0.1) is 6.04 Å². The summed E-state index contributed by atoms with van der Waals surface area (Å²) in [6.45, 7) is 5.10. The van der Waals surface area contributed by atoms with Crippen LogP contribution < -0.4 is 5.32 Å². The van der Waals surface area contributed by atoms with Gasteiger partial charge in [0.15, 0.2) is 0 Å². The van der Waals surface area contributed by atoms with Gasteiger partial charge in [0.2, 0.25) is 0 Å². The van der Waals surface area contributed by atoms with Gasteiger partial charge in [0, 0.05) is 9.90 Å². The third-order valence-electron chi connectivity index (χ3n) is 2.96. The summed E-state index contributed by atoms with van der Waals surface area (Å²) in [7, 11) is 0. The van der Waals surface area contributed by atoms with E-state index in [2.05, 4.69) is 30.6 Å². The topological polar surface area (TPSA) is 12.0 Å². The van der Waals surface area contributed by atoms with E-state index in [1.54, 1.807) is 17.4 Å². The zero-order valence-electron chi connectivity index (χ0n) is 11.0. The van der Waals surface area contributed by atoms with E-state index in [0.29, 0.717) is 5.02 Å². The molecule has 2 aromatic rings. The van der Waals surface area contributed by atoms with E-state index in [1.165, 1.54) is 22.6 Å². The Labute approximate surface area is 122 Å². The zero-order chi connectivity index (χ0) is 13.8. The molecule has 1 unspecified atom stereocenters. The first-order valence-corrected chi connectivity index (χ1v) is 7.61. The van der Waals surface area contributed by atoms with E-state index in [0.717, 1.165) is 18.5 Å². The third-order valence-corrected chi connectivity index (χ3v) is 4.16. The lowest BCUT2D eigenvalue weighted by Crippen LogP contribution is -2.23. The molecule has 19 heavy (non-hydrogen) atoms. The van der Waals surface area contributed by atoms with Crippen LogP contribution >= 0.6 is 22.9 Å². The first-order chi connectivity index (χ1) is 9.11. The van der Waals surface area contributed by atoms with E-state index in [-0.39, 0.29) is 11.9 Å². The molecule has 0 saturated heterocycles. The van der Waals surface area contributed by atoms with Gasteiger partial charge in [-0.3, -0.25) is 0 Å². The number of benzene rings is 1. The van der Waals surface area contributed by atoms with Crippen molar-refractivity contribution in [3.8, 4) is 0 Å². The van der Waals surface area contributed by atoms with Crippen molar-refractivity contribution in [1.29, 1.82) is 0 Å². The molecule has 0 fully saturated rings. The van der Waals surface area contributed by atoms with Gasteiger partial charge in [0.25, 0.3) is 0 Å². The Kier molecular flexibility index (Phi) is 4.97. The molecule has 0 aliphatic carbocycles. The summed E-state index contributed by atoms with van der Waals surface area (Å²) in [6, 6.07) is 6.77. The highest BCUT2D eigenvalue weighted by Crippen LogP contribution is 2.31. The Hall–Kier alpha value is -0.900. The summed E-state index contributed by atoms with van der Waals surface area (Å²) in [5, 5.41) is 6.07. The Morgan fingerprint density at radius 1 is 1.37 bits per heavy atom. The summed E-state index contributed by atoms with van der Waals surface area (Å²) >= 11 is 7.90. The van der Waals surface area contributed by atoms with Crippen molar-refractivity contribution < 1.29 is 4.39 Å². The maximum absolute atomic E-state index is 13.2. The molecule has 0 aliphatic rings. The molecule has 1 nitrogen and oxygen atoms in total. The Bertz CT molecular complexity index is 553. The van der Waals surface area contributed by atoms with Gasteiger partial charge in [-0.25, -0.2) is 4.39 Å². The highest BCUT2D eigenvalue weighted by atomic mass is 35.5. The average molecular weight is 298 g/mol. The predicted octanol–water partition coefficient (Wildman–Crippen LogP) is 4.94. The van der Waals surface area contributed by atoms with E-state index >= 15 is 0 Å². The van der Waals surface area contributed by atoms with Crippen LogP contribution in [-0.2, 0) is 0 Å². The number of rotatable bonds is 5. The molecule has 1 heterocycles. The highest BCUT2D eigenvalue weighted by molar-refractivity contribution is 7.10. The second kappa shape index (κ2) is 6.51. The highest BCUT2D eigenvalue weighted by Gasteiger charge is 2.17. The number of halogens is 2. The van der Waals surface area contributed by atoms with Crippen molar-refractivity contribution in [1.82, 2.24) is 5.32 Å². The second-order valence-corrected chi connectivity index (χ2v) is 6.07. The van der Waals surface area contributed by atoms with Gasteiger partial charge in [-0.05, 0) is 54.6 Å². The molecule has 0 aliphatic heterocycles. The number of thiophene rings is 1. The minimum atomic E-state index is -0.301. The smallest absolute Gasteiger partial charge is 0.124 e. The molecule has 1 N–H and O–H groups in total. The summed E-state index contributed by atoms with van der Waals surface area (Å²) in [4.78, 5) is 1.26. The van der Waals surface area contributed by atoms with Crippen molar-refractivity contribution in [2.75, 3.05) is 6.54 Å². The van der Waals surface area contributed by atoms with Crippen LogP contribution in [0.5, 0.6) is 0 Å². The quantitative estimate of drug-likeness (QED) is 0.824. The number of hydrogen-bond donors (Lipinski definition) is 1. The molecule has 0 spiro atoms. The van der Waals surface area contributed by atoms with Crippen molar-refractivity contribution in [3.63, 3.8) is 0 Å². The predicted molar refractivity (Wildman–Crippen MR) is 80.6 cm³/mol. The lowest BCUT2D eigenvalue weighted by atomic mass is 10.0. The summed E-state index contributed by atoms with van der Waals surface area (Å²) in [5.74, 6) is -0.301. The maximum atomic E-state index is 13.2. The molecule has 2 rings (SSSR count). The zero-order valence-corrected chi connectivity index (χ0v) is 12.6. The fourth-order valence-electron chi connectivity index (χ4n) is 2.05. The SMILES string of the molecule is CCCNC(c1csc(C)c1)c1ccc(F)cc1Cl. The van der Waals surface area contributed by atoms with E-state index in [9.17, 15) is 4.39 Å². The van der Waals surface area contributed by atoms with Crippen LogP contribution in [0.3, 0.4) is 0 Å². The second-order valence-electron chi connectivity index (χ2n) is 4.54. The first-order valence-electron chi connectivity index (χ1n) is 6.35. The maximum Gasteiger partial charge on any atom is 0.124 e. The standard InChI is InChI=1S/C15H17ClFNS/c1-3-6-18-15(11-7-10(2)19-9-11)13-5-4-12(17)8-14(13)16/h4-5,7-9,15,18H,3,6H2,1-2H3. The molecular weight excluding hydrogens is 281 g/mol. The fraction of sp³-hybridized carbons (Fsp3) is 0.333. The van der Waals surface area contributed by atoms with E-state index in [1.807, 2.05) is 0 Å². The van der Waals surface area contributed by atoms with Crippen LogP contribution in [0.2, 0.25) is 5.02 Å². The van der Waals surface area contributed by atoms with E-state index in [4.69, 9.17) is 11.6 Å². The lowest BCUT2D eigenvalue weighted by Gasteiger charge is -2.19. The number of nitrogens with one attached hydrogen (secondary N) is 1. The monoisotopic (exact) mass is 297 g/mol. The molecule has 1 aromatic carbocycles. The first kappa shape index (κ1) is 14.5. The lowest BCUT2D eigenvalue weighted by molar-refractivity contribution is 0.594. The van der Waals surface area contributed by atoms with Gasteiger partial charge in [0.1, 0.15) is 5.82 Å². The van der Waals surface area contributed by atoms with Gasteiger partial charge in [-0.15, -0.1) is 11.3 Å². The van der Waals surface area contributed by atoms with Gasteiger partial charge >= 0.3 is 0 Å². The number of hydrogen-bond acceptors (Lipinski definition) is 2. The molecule has 0 radical (unpaired) electrons. The fourth-order valence-corrected chi connectivity index (χ4v) is 3.05. The molecule has 1 atom stereocenters. The minimum Gasteiger partial charge on any atom is -0.306 e. The minimum absolute atomic E-state index is 0.0259. The van der Waals surface area contributed by atoms with Crippen LogP contribution in [0.25, 0.3) is 0 Å². The van der Waals surface area contributed by atoms with Crippen LogP contribution in [0.1, 0.15) is 35.4 Å². The Balaban J connectivity index is 2.36. The number of aryl methyl sites for hydroxylation is 1. The van der Waals surface area contributed by atoms with Gasteiger partial charge < -0.3 is 5.32 Å². The molecule has 102 valence electrons. The molecule has 0 bridgehead atoms. The summed E-state index contributed by atoms with van der Waals surface area (Å²) < 4.78 is 13.2. The molecule has 0 amide bonds. The van der Waals surface area contributed by atoms with Crippen molar-refractivity contribution in [2.45, 2.75) is 26.3 Å². The van der Waals surface area contributed by atoms with Crippen LogP contribution in [0.4, 0.5) is 4.39 Å². The molecule has 4 heteroatoms. The molecule has 0 saturated carbocycles. The third kappa shape index (κ3) is 3.56. The Morgan fingerprint density at radius 3 is 2.74 bits per heavy atom. The van der Waals surface area contributed by atoms with Gasteiger partial charge in [-0.1, -0.05) is 24.6 Å². The van der Waals surface area contributed by atoms with E-state index < -0.39 is 0 Å². The van der Waals surface area contributed by atoms with Crippen LogP contribution in [-0.4, -0.2) is 6.54 Å². The van der Waals surface area contributed by atoms with Crippen molar-refractivity contribution >= 4 is 22.9 Å². The van der Waals surface area contributed by atoms with Crippen molar-refractivity contribution in [2.24, 2.45) is 0 Å². The normalized spacial score (nSPS) is 12.6. The van der Waals surface area contributed by atoms with Gasteiger partial charge in [-0.2, -0.15) is 0 Å². The average Bonchev–Trinajstić information content (AvgIpc) is 2.78. The Morgan fingerprint density at radius 2 is 2.16 bits per heavy atom. The largest absolute Gasteiger partial charge is 0.306 e. The summed E-state index contributed by atoms with van der Waals surface area (Å²) in [6.07, 6.45) is 1.04. The van der Waals surface area contributed by atoms with Crippen molar-refractivity contribution in [3.05, 3.63) is 56.5 Å². The molecule has 1 aromatic heterocycles. The summed E-state index contributed by atoms with van der Waals surface area (Å²) in [5.41, 5.74) is 2.11. The molecular formula is C15H17ClFNS. The van der Waals surface area contributed by atoms with Crippen LogP contribution in [0, 0.1) is 12.7 Å². The van der Waals surface area contributed by atoms with Crippen LogP contribution in [0.15, 0.2) is 29.6 Å².